The molecule has 3 N–H and O–H groups in total. The summed E-state index contributed by atoms with van der Waals surface area (Å²) < 4.78 is 1.23. The fraction of sp³-hybridized carbons (Fsp3) is 0.0435. The van der Waals surface area contributed by atoms with Gasteiger partial charge in [0.1, 0.15) is 5.75 Å². The van der Waals surface area contributed by atoms with Crippen molar-refractivity contribution >= 4 is 22.6 Å². The third-order valence-corrected chi connectivity index (χ3v) is 4.66. The smallest absolute Gasteiger partial charge is 0.290 e. The molecule has 0 aliphatic rings. The van der Waals surface area contributed by atoms with Crippen LogP contribution in [0.1, 0.15) is 26.4 Å². The summed E-state index contributed by atoms with van der Waals surface area (Å²) in [4.78, 5) is 37.9. The number of amides is 2. The number of fused-ring (bicyclic) bond motifs is 1. The van der Waals surface area contributed by atoms with Gasteiger partial charge >= 0.3 is 0 Å². The van der Waals surface area contributed by atoms with E-state index in [0.29, 0.717) is 10.8 Å². The maximum atomic E-state index is 12.9. The Hall–Kier alpha value is -4.46. The molecule has 0 atom stereocenters. The van der Waals surface area contributed by atoms with Crippen LogP contribution in [0.25, 0.3) is 10.8 Å². The van der Waals surface area contributed by atoms with Gasteiger partial charge in [-0.1, -0.05) is 54.6 Å². The molecule has 0 radical (unpaired) electrons. The minimum atomic E-state index is -0.675. The molecule has 0 aliphatic carbocycles. The molecule has 2 amide bonds. The zero-order valence-electron chi connectivity index (χ0n) is 16.3. The second kappa shape index (κ2) is 8.50. The highest BCUT2D eigenvalue weighted by Crippen LogP contribution is 2.14. The molecule has 8 nitrogen and oxygen atoms in total. The van der Waals surface area contributed by atoms with Crippen molar-refractivity contribution in [3.63, 3.8) is 0 Å². The Bertz CT molecular complexity index is 1330. The van der Waals surface area contributed by atoms with Crippen LogP contribution in [-0.2, 0) is 6.54 Å². The lowest BCUT2D eigenvalue weighted by Gasteiger charge is -2.12. The first-order chi connectivity index (χ1) is 15.0. The lowest BCUT2D eigenvalue weighted by Crippen LogP contribution is -2.42. The first-order valence-corrected chi connectivity index (χ1v) is 9.46. The van der Waals surface area contributed by atoms with Crippen LogP contribution in [0.4, 0.5) is 0 Å². The standard InChI is InChI=1S/C23H18N4O4/c28-17-10-6-9-16(13-17)21(29)24-25-22(30)20-18-11-4-5-12-19(18)23(31)27(26-20)14-15-7-2-1-3-8-15/h1-13,28H,14H2,(H,24,29)(H,25,30). The van der Waals surface area contributed by atoms with Crippen LogP contribution in [-0.4, -0.2) is 26.7 Å². The van der Waals surface area contributed by atoms with Crippen molar-refractivity contribution in [1.29, 1.82) is 0 Å². The van der Waals surface area contributed by atoms with Gasteiger partial charge in [0.15, 0.2) is 5.69 Å². The van der Waals surface area contributed by atoms with Crippen molar-refractivity contribution in [2.75, 3.05) is 0 Å². The van der Waals surface area contributed by atoms with Gasteiger partial charge in [0, 0.05) is 10.9 Å². The molecule has 0 spiro atoms. The van der Waals surface area contributed by atoms with Gasteiger partial charge in [-0.2, -0.15) is 5.10 Å². The Morgan fingerprint density at radius 2 is 1.52 bits per heavy atom. The highest BCUT2D eigenvalue weighted by Gasteiger charge is 2.18. The molecule has 154 valence electrons. The van der Waals surface area contributed by atoms with Crippen LogP contribution in [0.5, 0.6) is 5.75 Å². The molecular weight excluding hydrogens is 396 g/mol. The molecule has 3 aromatic carbocycles. The van der Waals surface area contributed by atoms with Crippen LogP contribution in [0.2, 0.25) is 0 Å². The highest BCUT2D eigenvalue weighted by atomic mass is 16.3. The van der Waals surface area contributed by atoms with Crippen LogP contribution in [0.3, 0.4) is 0 Å². The van der Waals surface area contributed by atoms with E-state index in [0.717, 1.165) is 5.56 Å². The summed E-state index contributed by atoms with van der Waals surface area (Å²) in [6.45, 7) is 0.195. The number of hydrazine groups is 1. The molecule has 0 saturated heterocycles. The summed E-state index contributed by atoms with van der Waals surface area (Å²) in [5.41, 5.74) is 5.33. The Morgan fingerprint density at radius 3 is 2.26 bits per heavy atom. The zero-order chi connectivity index (χ0) is 21.8. The molecule has 31 heavy (non-hydrogen) atoms. The fourth-order valence-electron chi connectivity index (χ4n) is 3.16. The summed E-state index contributed by atoms with van der Waals surface area (Å²) in [7, 11) is 0. The van der Waals surface area contributed by atoms with Crippen LogP contribution < -0.4 is 16.4 Å². The molecule has 1 aromatic heterocycles. The van der Waals surface area contributed by atoms with Crippen molar-refractivity contribution in [2.24, 2.45) is 0 Å². The minimum absolute atomic E-state index is 0.00217. The second-order valence-corrected chi connectivity index (χ2v) is 6.80. The van der Waals surface area contributed by atoms with E-state index >= 15 is 0 Å². The Balaban J connectivity index is 1.64. The van der Waals surface area contributed by atoms with Crippen molar-refractivity contribution in [3.8, 4) is 5.75 Å². The number of rotatable bonds is 4. The largest absolute Gasteiger partial charge is 0.508 e. The van der Waals surface area contributed by atoms with E-state index in [1.807, 2.05) is 30.3 Å². The predicted octanol–water partition coefficient (Wildman–Crippen LogP) is 2.23. The van der Waals surface area contributed by atoms with Crippen molar-refractivity contribution in [1.82, 2.24) is 20.6 Å². The molecular formula is C23H18N4O4. The normalized spacial score (nSPS) is 10.6. The van der Waals surface area contributed by atoms with Crippen molar-refractivity contribution in [3.05, 3.63) is 106 Å². The molecule has 0 saturated carbocycles. The zero-order valence-corrected chi connectivity index (χ0v) is 16.3. The molecule has 0 bridgehead atoms. The van der Waals surface area contributed by atoms with Gasteiger partial charge in [0.2, 0.25) is 0 Å². The summed E-state index contributed by atoms with van der Waals surface area (Å²) in [6, 6.07) is 21.7. The maximum Gasteiger partial charge on any atom is 0.290 e. The first-order valence-electron chi connectivity index (χ1n) is 9.46. The summed E-state index contributed by atoms with van der Waals surface area (Å²) in [5.74, 6) is -1.35. The Labute approximate surface area is 176 Å². The average Bonchev–Trinajstić information content (AvgIpc) is 2.80. The van der Waals surface area contributed by atoms with Crippen molar-refractivity contribution in [2.45, 2.75) is 6.54 Å². The van der Waals surface area contributed by atoms with E-state index in [-0.39, 0.29) is 29.1 Å². The van der Waals surface area contributed by atoms with E-state index in [9.17, 15) is 19.5 Å². The number of aromatic hydroxyl groups is 1. The third-order valence-electron chi connectivity index (χ3n) is 4.66. The topological polar surface area (TPSA) is 113 Å². The molecule has 4 aromatic rings. The fourth-order valence-corrected chi connectivity index (χ4v) is 3.16. The van der Waals surface area contributed by atoms with E-state index in [4.69, 9.17) is 0 Å². The summed E-state index contributed by atoms with van der Waals surface area (Å²) >= 11 is 0. The van der Waals surface area contributed by atoms with Gasteiger partial charge in [0.25, 0.3) is 17.4 Å². The molecule has 8 heteroatoms. The van der Waals surface area contributed by atoms with Gasteiger partial charge in [0.05, 0.1) is 11.9 Å². The number of nitrogens with zero attached hydrogens (tertiary/aromatic N) is 2. The van der Waals surface area contributed by atoms with E-state index in [1.165, 1.54) is 28.9 Å². The van der Waals surface area contributed by atoms with E-state index in [2.05, 4.69) is 16.0 Å². The Kier molecular flexibility index (Phi) is 5.44. The number of carbonyl (C=O) groups is 2. The molecule has 1 heterocycles. The summed E-state index contributed by atoms with van der Waals surface area (Å²) in [5, 5.41) is 14.5. The second-order valence-electron chi connectivity index (χ2n) is 6.80. The lowest BCUT2D eigenvalue weighted by molar-refractivity contribution is 0.0843. The molecule has 0 unspecified atom stereocenters. The SMILES string of the molecule is O=C(NNC(=O)c1nn(Cc2ccccc2)c(=O)c2ccccc12)c1cccc(O)c1. The monoisotopic (exact) mass is 414 g/mol. The number of phenolic OH excluding ortho intramolecular Hbond substituents is 1. The van der Waals surface area contributed by atoms with Gasteiger partial charge < -0.3 is 5.11 Å². The maximum absolute atomic E-state index is 12.9. The molecule has 4 rings (SSSR count). The predicted molar refractivity (Wildman–Crippen MR) is 115 cm³/mol. The van der Waals surface area contributed by atoms with E-state index in [1.54, 1.807) is 24.3 Å². The van der Waals surface area contributed by atoms with Crippen LogP contribution in [0, 0.1) is 0 Å². The third kappa shape index (κ3) is 4.27. The van der Waals surface area contributed by atoms with Gasteiger partial charge in [-0.15, -0.1) is 0 Å². The van der Waals surface area contributed by atoms with E-state index < -0.39 is 11.8 Å². The first kappa shape index (κ1) is 19.8. The number of hydrogen-bond acceptors (Lipinski definition) is 5. The van der Waals surface area contributed by atoms with Crippen LogP contribution in [0.15, 0.2) is 83.7 Å². The van der Waals surface area contributed by atoms with Crippen molar-refractivity contribution < 1.29 is 14.7 Å². The highest BCUT2D eigenvalue weighted by molar-refractivity contribution is 6.06. The number of nitrogens with one attached hydrogen (secondary N) is 2. The van der Waals surface area contributed by atoms with Gasteiger partial charge in [-0.05, 0) is 29.8 Å². The molecule has 0 fully saturated rings. The summed E-state index contributed by atoms with van der Waals surface area (Å²) in [6.07, 6.45) is 0. The average molecular weight is 414 g/mol. The number of benzene rings is 3. The van der Waals surface area contributed by atoms with Gasteiger partial charge in [-0.25, -0.2) is 4.68 Å². The number of carbonyl (C=O) groups excluding carboxylic acids is 2. The quantitative estimate of drug-likeness (QED) is 0.443. The minimum Gasteiger partial charge on any atom is -0.508 e. The number of aromatic nitrogens is 2. The van der Waals surface area contributed by atoms with Crippen LogP contribution >= 0.6 is 0 Å². The lowest BCUT2D eigenvalue weighted by atomic mass is 10.1. The van der Waals surface area contributed by atoms with Gasteiger partial charge in [-0.3, -0.25) is 25.2 Å². The number of hydrogen-bond donors (Lipinski definition) is 3. The number of phenols is 1. The molecule has 0 aliphatic heterocycles. The Morgan fingerprint density at radius 1 is 0.839 bits per heavy atom.